The third-order valence-electron chi connectivity index (χ3n) is 6.36. The van der Waals surface area contributed by atoms with Gasteiger partial charge in [0, 0.05) is 24.6 Å². The van der Waals surface area contributed by atoms with Crippen molar-refractivity contribution >= 4 is 34.3 Å². The van der Waals surface area contributed by atoms with Crippen LogP contribution in [0.1, 0.15) is 35.3 Å². The van der Waals surface area contributed by atoms with E-state index in [0.29, 0.717) is 46.0 Å². The molecule has 3 aromatic heterocycles. The largest absolute Gasteiger partial charge is 0.383 e. The molecule has 0 spiro atoms. The molecule has 0 bridgehead atoms. The van der Waals surface area contributed by atoms with Crippen LogP contribution in [-0.4, -0.2) is 31.1 Å². The van der Waals surface area contributed by atoms with Gasteiger partial charge in [-0.15, -0.1) is 0 Å². The molecule has 5 rings (SSSR count). The number of carbonyl (C=O) groups excluding carboxylic acids is 1. The van der Waals surface area contributed by atoms with Crippen molar-refractivity contribution in [3.63, 3.8) is 0 Å². The van der Waals surface area contributed by atoms with Gasteiger partial charge in [-0.05, 0) is 73.0 Å². The standard InChI is InChI=1S/C30H25FN8O/c1-3-20-14-21(31)15-24(26(20)37-18(2)16-32)30(40)36-17-19-8-10-22(11-9-19)39-28(23-6-4-12-34-27(23)33)38-25-7-5-13-35-29(25)39/h4-15H,3,17H2,1-2H3,(H2,33,34)(H,36,40). The van der Waals surface area contributed by atoms with Gasteiger partial charge in [-0.2, -0.15) is 5.26 Å². The van der Waals surface area contributed by atoms with Gasteiger partial charge in [-0.1, -0.05) is 19.1 Å². The molecule has 9 nitrogen and oxygen atoms in total. The number of nitrogen functional groups attached to an aromatic ring is 1. The number of amides is 1. The van der Waals surface area contributed by atoms with Gasteiger partial charge in [0.1, 0.15) is 28.9 Å². The van der Waals surface area contributed by atoms with Crippen LogP contribution in [0.5, 0.6) is 0 Å². The summed E-state index contributed by atoms with van der Waals surface area (Å²) >= 11 is 0. The number of fused-ring (bicyclic) bond motifs is 1. The van der Waals surface area contributed by atoms with Gasteiger partial charge < -0.3 is 11.1 Å². The van der Waals surface area contributed by atoms with Crippen LogP contribution in [0.25, 0.3) is 28.2 Å². The average molecular weight is 533 g/mol. The highest BCUT2D eigenvalue weighted by atomic mass is 19.1. The summed E-state index contributed by atoms with van der Waals surface area (Å²) in [5.74, 6) is -0.0531. The summed E-state index contributed by atoms with van der Waals surface area (Å²) in [4.78, 5) is 30.8. The van der Waals surface area contributed by atoms with Gasteiger partial charge in [0.2, 0.25) is 0 Å². The van der Waals surface area contributed by atoms with E-state index in [4.69, 9.17) is 16.0 Å². The van der Waals surface area contributed by atoms with E-state index in [9.17, 15) is 9.18 Å². The SMILES string of the molecule is CCc1cc(F)cc(C(=O)NCc2ccc(-n3c(-c4cccnc4N)nc4cccnc43)cc2)c1N=C(C)C#N. The fraction of sp³-hybridized carbons (Fsp3) is 0.133. The summed E-state index contributed by atoms with van der Waals surface area (Å²) in [6, 6.07) is 19.3. The molecular weight excluding hydrogens is 507 g/mol. The first-order valence-corrected chi connectivity index (χ1v) is 12.6. The number of hydrogen-bond donors (Lipinski definition) is 2. The topological polar surface area (TPSA) is 135 Å². The molecule has 0 aliphatic rings. The molecule has 10 heteroatoms. The van der Waals surface area contributed by atoms with E-state index in [2.05, 4.69) is 20.3 Å². The monoisotopic (exact) mass is 532 g/mol. The summed E-state index contributed by atoms with van der Waals surface area (Å²) in [5.41, 5.74) is 11.0. The maximum atomic E-state index is 14.3. The number of carbonyl (C=O) groups is 1. The van der Waals surface area contributed by atoms with Crippen molar-refractivity contribution in [2.24, 2.45) is 4.99 Å². The van der Waals surface area contributed by atoms with Gasteiger partial charge in [-0.25, -0.2) is 24.3 Å². The van der Waals surface area contributed by atoms with E-state index in [0.717, 1.165) is 17.3 Å². The second-order valence-corrected chi connectivity index (χ2v) is 9.03. The number of aromatic nitrogens is 4. The van der Waals surface area contributed by atoms with E-state index in [1.54, 1.807) is 25.4 Å². The van der Waals surface area contributed by atoms with E-state index in [-0.39, 0.29) is 17.8 Å². The van der Waals surface area contributed by atoms with Crippen molar-refractivity contribution in [3.8, 4) is 23.1 Å². The van der Waals surface area contributed by atoms with E-state index >= 15 is 0 Å². The number of rotatable bonds is 7. The lowest BCUT2D eigenvalue weighted by Gasteiger charge is -2.13. The Kier molecular flexibility index (Phi) is 7.29. The lowest BCUT2D eigenvalue weighted by molar-refractivity contribution is 0.0951. The Balaban J connectivity index is 1.43. The summed E-state index contributed by atoms with van der Waals surface area (Å²) in [5, 5.41) is 12.0. The molecule has 0 aliphatic carbocycles. The summed E-state index contributed by atoms with van der Waals surface area (Å²) in [6.45, 7) is 3.58. The number of imidazole rings is 1. The Morgan fingerprint density at radius 2 is 1.88 bits per heavy atom. The van der Waals surface area contributed by atoms with Crippen LogP contribution < -0.4 is 11.1 Å². The molecule has 0 atom stereocenters. The lowest BCUT2D eigenvalue weighted by atomic mass is 10.0. The number of aryl methyl sites for hydroxylation is 1. The van der Waals surface area contributed by atoms with Crippen LogP contribution in [-0.2, 0) is 13.0 Å². The fourth-order valence-corrected chi connectivity index (χ4v) is 4.41. The molecule has 2 aromatic carbocycles. The first-order chi connectivity index (χ1) is 19.4. The molecule has 0 saturated heterocycles. The highest BCUT2D eigenvalue weighted by Gasteiger charge is 2.19. The number of nitrogens with zero attached hydrogens (tertiary/aromatic N) is 6. The fourth-order valence-electron chi connectivity index (χ4n) is 4.41. The van der Waals surface area contributed by atoms with Crippen LogP contribution in [0.15, 0.2) is 78.0 Å². The predicted octanol–water partition coefficient (Wildman–Crippen LogP) is 5.31. The quantitative estimate of drug-likeness (QED) is 0.273. The van der Waals surface area contributed by atoms with Crippen molar-refractivity contribution < 1.29 is 9.18 Å². The molecule has 0 unspecified atom stereocenters. The van der Waals surface area contributed by atoms with Crippen molar-refractivity contribution in [1.29, 1.82) is 5.26 Å². The van der Waals surface area contributed by atoms with Crippen LogP contribution in [0.2, 0.25) is 0 Å². The zero-order valence-electron chi connectivity index (χ0n) is 21.9. The van der Waals surface area contributed by atoms with Gasteiger partial charge >= 0.3 is 0 Å². The average Bonchev–Trinajstić information content (AvgIpc) is 3.36. The molecule has 3 N–H and O–H groups in total. The molecule has 40 heavy (non-hydrogen) atoms. The Bertz CT molecular complexity index is 1800. The summed E-state index contributed by atoms with van der Waals surface area (Å²) in [6.07, 6.45) is 3.79. The zero-order valence-corrected chi connectivity index (χ0v) is 21.9. The van der Waals surface area contributed by atoms with Crippen molar-refractivity contribution in [1.82, 2.24) is 24.8 Å². The molecule has 1 amide bonds. The molecular formula is C30H25FN8O. The number of hydrogen-bond acceptors (Lipinski definition) is 7. The summed E-state index contributed by atoms with van der Waals surface area (Å²) in [7, 11) is 0. The highest BCUT2D eigenvalue weighted by molar-refractivity contribution is 6.03. The van der Waals surface area contributed by atoms with Crippen molar-refractivity contribution in [2.45, 2.75) is 26.8 Å². The number of halogens is 1. The number of nitrogens with two attached hydrogens (primary N) is 1. The Labute approximate surface area is 229 Å². The smallest absolute Gasteiger partial charge is 0.253 e. The predicted molar refractivity (Wildman–Crippen MR) is 152 cm³/mol. The van der Waals surface area contributed by atoms with Crippen molar-refractivity contribution in [2.75, 3.05) is 5.73 Å². The number of nitriles is 1. The molecule has 0 fully saturated rings. The Morgan fingerprint density at radius 1 is 1.12 bits per heavy atom. The van der Waals surface area contributed by atoms with E-state index < -0.39 is 11.7 Å². The van der Waals surface area contributed by atoms with Crippen LogP contribution in [0, 0.1) is 17.1 Å². The number of benzene rings is 2. The highest BCUT2D eigenvalue weighted by Crippen LogP contribution is 2.30. The van der Waals surface area contributed by atoms with Gasteiger partial charge in [0.05, 0.1) is 16.8 Å². The first kappa shape index (κ1) is 26.2. The van der Waals surface area contributed by atoms with Gasteiger partial charge in [-0.3, -0.25) is 9.36 Å². The van der Waals surface area contributed by atoms with Crippen LogP contribution >= 0.6 is 0 Å². The minimum Gasteiger partial charge on any atom is -0.383 e. The molecule has 0 radical (unpaired) electrons. The third-order valence-corrected chi connectivity index (χ3v) is 6.36. The number of nitrogens with one attached hydrogen (secondary N) is 1. The molecule has 5 aromatic rings. The third kappa shape index (κ3) is 5.13. The number of pyridine rings is 2. The minimum atomic E-state index is -0.536. The number of aliphatic imine (C=N–C) groups is 1. The van der Waals surface area contributed by atoms with E-state index in [1.165, 1.54) is 6.07 Å². The maximum Gasteiger partial charge on any atom is 0.253 e. The van der Waals surface area contributed by atoms with Gasteiger partial charge in [0.15, 0.2) is 11.5 Å². The molecule has 3 heterocycles. The molecule has 0 aliphatic heterocycles. The number of anilines is 1. The Morgan fingerprint density at radius 3 is 2.60 bits per heavy atom. The van der Waals surface area contributed by atoms with Crippen LogP contribution in [0.4, 0.5) is 15.9 Å². The Hall–Kier alpha value is -5.43. The minimum absolute atomic E-state index is 0.0812. The lowest BCUT2D eigenvalue weighted by Crippen LogP contribution is -2.23. The summed E-state index contributed by atoms with van der Waals surface area (Å²) < 4.78 is 16.2. The zero-order chi connectivity index (χ0) is 28.2. The molecule has 0 saturated carbocycles. The van der Waals surface area contributed by atoms with Crippen LogP contribution in [0.3, 0.4) is 0 Å². The second-order valence-electron chi connectivity index (χ2n) is 9.03. The van der Waals surface area contributed by atoms with E-state index in [1.807, 2.05) is 60.0 Å². The molecule has 198 valence electrons. The van der Waals surface area contributed by atoms with Crippen molar-refractivity contribution in [3.05, 3.63) is 95.6 Å². The first-order valence-electron chi connectivity index (χ1n) is 12.6. The normalized spacial score (nSPS) is 11.4. The van der Waals surface area contributed by atoms with Gasteiger partial charge in [0.25, 0.3) is 5.91 Å². The second kappa shape index (κ2) is 11.1. The maximum absolute atomic E-state index is 14.3.